The molecule has 0 aromatic heterocycles. The normalized spacial score (nSPS) is 9.94. The van der Waals surface area contributed by atoms with Gasteiger partial charge in [-0.1, -0.05) is 54.6 Å². The van der Waals surface area contributed by atoms with Crippen LogP contribution in [0.15, 0.2) is 54.6 Å². The number of Topliss-reactive ketones (excluding diaryl/α,β-unsaturated/α-hetero) is 1. The van der Waals surface area contributed by atoms with E-state index in [0.717, 1.165) is 5.56 Å². The molecule has 0 aliphatic carbocycles. The Morgan fingerprint density at radius 3 is 2.06 bits per heavy atom. The van der Waals surface area contributed by atoms with Crippen molar-refractivity contribution in [2.45, 2.75) is 0 Å². The molecule has 0 aliphatic rings. The zero-order valence-electron chi connectivity index (χ0n) is 8.89. The van der Waals surface area contributed by atoms with Crippen LogP contribution in [0.4, 0.5) is 0 Å². The van der Waals surface area contributed by atoms with E-state index in [2.05, 4.69) is 0 Å². The standard InChI is InChI=1S/C14H9ClO2/c15-14(17)13(16)12-9-5-4-8-11(12)10-6-2-1-3-7-10/h1-9H. The molecule has 0 heterocycles. The number of benzene rings is 2. The summed E-state index contributed by atoms with van der Waals surface area (Å²) in [5.74, 6) is -0.675. The maximum Gasteiger partial charge on any atom is 0.293 e. The van der Waals surface area contributed by atoms with Crippen LogP contribution in [0.3, 0.4) is 0 Å². The molecule has 0 unspecified atom stereocenters. The Bertz CT molecular complexity index is 561. The van der Waals surface area contributed by atoms with Gasteiger partial charge in [-0.15, -0.1) is 0 Å². The van der Waals surface area contributed by atoms with Crippen LogP contribution in [0.5, 0.6) is 0 Å². The van der Waals surface area contributed by atoms with Gasteiger partial charge in [0.05, 0.1) is 0 Å². The van der Waals surface area contributed by atoms with Crippen molar-refractivity contribution in [3.05, 3.63) is 60.2 Å². The Kier molecular flexibility index (Phi) is 3.35. The molecule has 17 heavy (non-hydrogen) atoms. The second kappa shape index (κ2) is 4.93. The quantitative estimate of drug-likeness (QED) is 0.472. The smallest absolute Gasteiger partial charge is 0.284 e. The first kappa shape index (κ1) is 11.6. The van der Waals surface area contributed by atoms with Gasteiger partial charge in [0.2, 0.25) is 5.78 Å². The highest BCUT2D eigenvalue weighted by Crippen LogP contribution is 2.24. The first-order valence-electron chi connectivity index (χ1n) is 5.09. The number of ketones is 1. The summed E-state index contributed by atoms with van der Waals surface area (Å²) in [6.07, 6.45) is 0. The summed E-state index contributed by atoms with van der Waals surface area (Å²) in [7, 11) is 0. The summed E-state index contributed by atoms with van der Waals surface area (Å²) < 4.78 is 0. The molecule has 3 heteroatoms. The van der Waals surface area contributed by atoms with Crippen molar-refractivity contribution in [3.63, 3.8) is 0 Å². The molecule has 0 atom stereocenters. The Hall–Kier alpha value is -1.93. The number of rotatable bonds is 3. The number of hydrogen-bond donors (Lipinski definition) is 0. The minimum Gasteiger partial charge on any atom is -0.284 e. The van der Waals surface area contributed by atoms with E-state index in [1.165, 1.54) is 0 Å². The molecule has 0 fully saturated rings. The maximum atomic E-state index is 11.7. The molecule has 2 aromatic rings. The number of carbonyl (C=O) groups excluding carboxylic acids is 2. The molecule has 0 N–H and O–H groups in total. The van der Waals surface area contributed by atoms with Gasteiger partial charge in [-0.05, 0) is 22.7 Å². The van der Waals surface area contributed by atoms with Crippen LogP contribution in [0.1, 0.15) is 10.4 Å². The average molecular weight is 245 g/mol. The van der Waals surface area contributed by atoms with Gasteiger partial charge in [0.25, 0.3) is 5.24 Å². The Morgan fingerprint density at radius 2 is 1.41 bits per heavy atom. The highest BCUT2D eigenvalue weighted by molar-refractivity contribution is 6.83. The number of halogens is 1. The van der Waals surface area contributed by atoms with Gasteiger partial charge in [-0.25, -0.2) is 0 Å². The maximum absolute atomic E-state index is 11.7. The van der Waals surface area contributed by atoms with Gasteiger partial charge < -0.3 is 0 Å². The molecule has 0 amide bonds. The monoisotopic (exact) mass is 244 g/mol. The zero-order chi connectivity index (χ0) is 12.3. The molecule has 2 aromatic carbocycles. The summed E-state index contributed by atoms with van der Waals surface area (Å²) in [5, 5.41) is -0.964. The molecule has 0 bridgehead atoms. The van der Waals surface area contributed by atoms with Crippen molar-refractivity contribution in [2.24, 2.45) is 0 Å². The third-order valence-electron chi connectivity index (χ3n) is 2.44. The Labute approximate surface area is 104 Å². The van der Waals surface area contributed by atoms with Gasteiger partial charge >= 0.3 is 0 Å². The molecule has 2 rings (SSSR count). The summed E-state index contributed by atoms with van der Waals surface area (Å²) in [6.45, 7) is 0. The van der Waals surface area contributed by atoms with Gasteiger partial charge in [-0.2, -0.15) is 0 Å². The minimum atomic E-state index is -0.964. The van der Waals surface area contributed by atoms with E-state index < -0.39 is 11.0 Å². The topological polar surface area (TPSA) is 34.1 Å². The SMILES string of the molecule is O=C(Cl)C(=O)c1ccccc1-c1ccccc1. The highest BCUT2D eigenvalue weighted by Gasteiger charge is 2.17. The van der Waals surface area contributed by atoms with E-state index >= 15 is 0 Å². The first-order valence-corrected chi connectivity index (χ1v) is 5.46. The molecular formula is C14H9ClO2. The van der Waals surface area contributed by atoms with E-state index in [9.17, 15) is 9.59 Å². The van der Waals surface area contributed by atoms with Crippen LogP contribution in [-0.2, 0) is 4.79 Å². The molecule has 0 radical (unpaired) electrons. The van der Waals surface area contributed by atoms with Crippen molar-refractivity contribution in [1.29, 1.82) is 0 Å². The first-order chi connectivity index (χ1) is 8.20. The van der Waals surface area contributed by atoms with Gasteiger partial charge in [-0.3, -0.25) is 9.59 Å². The van der Waals surface area contributed by atoms with Crippen LogP contribution < -0.4 is 0 Å². The molecular weight excluding hydrogens is 236 g/mol. The van der Waals surface area contributed by atoms with Crippen molar-refractivity contribution < 1.29 is 9.59 Å². The Balaban J connectivity index is 2.56. The lowest BCUT2D eigenvalue weighted by Crippen LogP contribution is -2.08. The van der Waals surface area contributed by atoms with Crippen LogP contribution >= 0.6 is 11.6 Å². The van der Waals surface area contributed by atoms with E-state index in [1.54, 1.807) is 18.2 Å². The lowest BCUT2D eigenvalue weighted by Gasteiger charge is -2.06. The third-order valence-corrected chi connectivity index (χ3v) is 2.61. The molecule has 0 saturated carbocycles. The van der Waals surface area contributed by atoms with Crippen molar-refractivity contribution >= 4 is 22.6 Å². The van der Waals surface area contributed by atoms with E-state index in [0.29, 0.717) is 11.1 Å². The lowest BCUT2D eigenvalue weighted by atomic mass is 9.97. The fourth-order valence-corrected chi connectivity index (χ4v) is 1.76. The molecule has 0 spiro atoms. The third kappa shape index (κ3) is 2.43. The van der Waals surface area contributed by atoms with Crippen LogP contribution in [0, 0.1) is 0 Å². The fourth-order valence-electron chi connectivity index (χ4n) is 1.66. The van der Waals surface area contributed by atoms with Gasteiger partial charge in [0.1, 0.15) is 0 Å². The van der Waals surface area contributed by atoms with Gasteiger partial charge in [0, 0.05) is 5.56 Å². The lowest BCUT2D eigenvalue weighted by molar-refractivity contribution is -0.108. The van der Waals surface area contributed by atoms with Crippen LogP contribution in [0.25, 0.3) is 11.1 Å². The molecule has 2 nitrogen and oxygen atoms in total. The van der Waals surface area contributed by atoms with Crippen molar-refractivity contribution in [2.75, 3.05) is 0 Å². The second-order valence-electron chi connectivity index (χ2n) is 3.51. The van der Waals surface area contributed by atoms with Crippen LogP contribution in [0.2, 0.25) is 0 Å². The van der Waals surface area contributed by atoms with E-state index in [1.807, 2.05) is 36.4 Å². The zero-order valence-corrected chi connectivity index (χ0v) is 9.65. The highest BCUT2D eigenvalue weighted by atomic mass is 35.5. The predicted molar refractivity (Wildman–Crippen MR) is 67.1 cm³/mol. The van der Waals surface area contributed by atoms with E-state index in [-0.39, 0.29) is 0 Å². The Morgan fingerprint density at radius 1 is 0.824 bits per heavy atom. The summed E-state index contributed by atoms with van der Waals surface area (Å²) in [5.41, 5.74) is 1.93. The van der Waals surface area contributed by atoms with Gasteiger partial charge in [0.15, 0.2) is 0 Å². The largest absolute Gasteiger partial charge is 0.293 e. The fraction of sp³-hybridized carbons (Fsp3) is 0. The van der Waals surface area contributed by atoms with Crippen molar-refractivity contribution in [1.82, 2.24) is 0 Å². The van der Waals surface area contributed by atoms with Crippen molar-refractivity contribution in [3.8, 4) is 11.1 Å². The van der Waals surface area contributed by atoms with E-state index in [4.69, 9.17) is 11.6 Å². The predicted octanol–water partition coefficient (Wildman–Crippen LogP) is 3.30. The average Bonchev–Trinajstić information content (AvgIpc) is 2.39. The number of hydrogen-bond acceptors (Lipinski definition) is 2. The molecule has 0 saturated heterocycles. The minimum absolute atomic E-state index is 0.332. The van der Waals surface area contributed by atoms with Crippen LogP contribution in [-0.4, -0.2) is 11.0 Å². The second-order valence-corrected chi connectivity index (χ2v) is 3.86. The molecule has 84 valence electrons. The number of carbonyl (C=O) groups is 2. The summed E-state index contributed by atoms with van der Waals surface area (Å²) in [6, 6.07) is 16.3. The summed E-state index contributed by atoms with van der Waals surface area (Å²) >= 11 is 5.23. The summed E-state index contributed by atoms with van der Waals surface area (Å²) in [4.78, 5) is 22.6. The molecule has 0 aliphatic heterocycles.